The van der Waals surface area contributed by atoms with Crippen molar-refractivity contribution >= 4 is 46.7 Å². The Morgan fingerprint density at radius 1 is 1.06 bits per heavy atom. The van der Waals surface area contributed by atoms with Crippen LogP contribution in [0, 0.1) is 0 Å². The van der Waals surface area contributed by atoms with Crippen molar-refractivity contribution in [2.45, 2.75) is 16.2 Å². The van der Waals surface area contributed by atoms with Crippen molar-refractivity contribution in [1.29, 1.82) is 0 Å². The van der Waals surface area contributed by atoms with Crippen LogP contribution in [0.2, 0.25) is 5.02 Å². The van der Waals surface area contributed by atoms with Gasteiger partial charge in [0.1, 0.15) is 6.33 Å². The van der Waals surface area contributed by atoms with Crippen LogP contribution in [0.25, 0.3) is 0 Å². The number of anilines is 2. The third-order valence-corrected chi connectivity index (χ3v) is 4.98. The first-order valence-corrected chi connectivity index (χ1v) is 10.1. The number of halogens is 4. The maximum Gasteiger partial charge on any atom is 0.417 e. The number of benzene rings is 2. The molecule has 0 saturated carbocycles. The summed E-state index contributed by atoms with van der Waals surface area (Å²) in [6.45, 7) is 0. The molecule has 2 aromatic carbocycles. The average Bonchev–Trinajstić information content (AvgIpc) is 2.75. The number of carbonyl (C=O) groups is 2. The van der Waals surface area contributed by atoms with Crippen LogP contribution >= 0.6 is 23.4 Å². The molecular weight excluding hydrogens is 485 g/mol. The van der Waals surface area contributed by atoms with Crippen LogP contribution in [0.5, 0.6) is 0 Å². The standard InChI is InChI=1S/C19H14ClF3N6O3S/c1-32-29-16(30)15-24-9-25-18(28-15)33-12-4-2-3-10(7-12)26-17(31)27-11-5-6-14(20)13(8-11)19(21,22)23/h2-9H,1H3,(H,29,30)(H2,26,27,31). The quantitative estimate of drug-likeness (QED) is 0.424. The second kappa shape index (κ2) is 10.5. The first-order chi connectivity index (χ1) is 15.7. The molecule has 9 nitrogen and oxygen atoms in total. The molecule has 33 heavy (non-hydrogen) atoms. The van der Waals surface area contributed by atoms with E-state index in [9.17, 15) is 22.8 Å². The fourth-order valence-electron chi connectivity index (χ4n) is 2.43. The number of urea groups is 1. The van der Waals surface area contributed by atoms with Crippen LogP contribution in [0.15, 0.2) is 58.8 Å². The number of carbonyl (C=O) groups excluding carboxylic acids is 2. The molecule has 3 rings (SSSR count). The van der Waals surface area contributed by atoms with Gasteiger partial charge in [-0.3, -0.25) is 9.63 Å². The maximum atomic E-state index is 13.0. The first-order valence-electron chi connectivity index (χ1n) is 8.91. The van der Waals surface area contributed by atoms with E-state index >= 15 is 0 Å². The van der Waals surface area contributed by atoms with E-state index in [1.807, 2.05) is 0 Å². The molecule has 0 fully saturated rings. The van der Waals surface area contributed by atoms with E-state index in [-0.39, 0.29) is 16.7 Å². The molecule has 3 N–H and O–H groups in total. The summed E-state index contributed by atoms with van der Waals surface area (Å²) in [6.07, 6.45) is -3.49. The molecule has 0 aliphatic rings. The number of amides is 3. The average molecular weight is 499 g/mol. The molecule has 1 heterocycles. The lowest BCUT2D eigenvalue weighted by Crippen LogP contribution is -2.24. The Labute approximate surface area is 194 Å². The summed E-state index contributed by atoms with van der Waals surface area (Å²) in [5, 5.41) is 4.59. The topological polar surface area (TPSA) is 118 Å². The van der Waals surface area contributed by atoms with Gasteiger partial charge in [0.2, 0.25) is 5.82 Å². The number of aromatic nitrogens is 3. The summed E-state index contributed by atoms with van der Waals surface area (Å²) in [6, 6.07) is 8.80. The summed E-state index contributed by atoms with van der Waals surface area (Å²) in [5.74, 6) is -0.797. The van der Waals surface area contributed by atoms with Gasteiger partial charge >= 0.3 is 18.1 Å². The highest BCUT2D eigenvalue weighted by atomic mass is 35.5. The molecule has 0 unspecified atom stereocenters. The monoisotopic (exact) mass is 498 g/mol. The summed E-state index contributed by atoms with van der Waals surface area (Å²) in [5.41, 5.74) is 1.31. The molecular formula is C19H14ClF3N6O3S. The van der Waals surface area contributed by atoms with Gasteiger partial charge in [0.25, 0.3) is 0 Å². The number of nitrogens with one attached hydrogen (secondary N) is 3. The van der Waals surface area contributed by atoms with Gasteiger partial charge in [-0.25, -0.2) is 20.2 Å². The SMILES string of the molecule is CONC(=O)c1ncnc(Sc2cccc(NC(=O)Nc3ccc(Cl)c(C(F)(F)F)c3)c2)n1. The zero-order chi connectivity index (χ0) is 24.0. The largest absolute Gasteiger partial charge is 0.417 e. The Morgan fingerprint density at radius 3 is 2.48 bits per heavy atom. The molecule has 0 radical (unpaired) electrons. The fraction of sp³-hybridized carbons (Fsp3) is 0.105. The molecule has 3 amide bonds. The fourth-order valence-corrected chi connectivity index (χ4v) is 3.43. The minimum atomic E-state index is -4.66. The summed E-state index contributed by atoms with van der Waals surface area (Å²) in [4.78, 5) is 40.9. The molecule has 1 aromatic heterocycles. The molecule has 0 saturated heterocycles. The van der Waals surface area contributed by atoms with Crippen LogP contribution in [-0.4, -0.2) is 34.0 Å². The third kappa shape index (κ3) is 6.78. The minimum Gasteiger partial charge on any atom is -0.308 e. The number of hydrogen-bond donors (Lipinski definition) is 3. The second-order valence-electron chi connectivity index (χ2n) is 6.13. The van der Waals surface area contributed by atoms with Gasteiger partial charge in [-0.1, -0.05) is 17.7 Å². The highest BCUT2D eigenvalue weighted by molar-refractivity contribution is 7.99. The van der Waals surface area contributed by atoms with E-state index in [0.29, 0.717) is 10.6 Å². The molecule has 0 atom stereocenters. The van der Waals surface area contributed by atoms with Crippen LogP contribution in [0.3, 0.4) is 0 Å². The maximum absolute atomic E-state index is 13.0. The van der Waals surface area contributed by atoms with E-state index in [0.717, 1.165) is 30.2 Å². The number of alkyl halides is 3. The zero-order valence-electron chi connectivity index (χ0n) is 16.6. The van der Waals surface area contributed by atoms with E-state index in [2.05, 4.69) is 35.9 Å². The number of hydrogen-bond acceptors (Lipinski definition) is 7. The van der Waals surface area contributed by atoms with Crippen molar-refractivity contribution in [1.82, 2.24) is 20.4 Å². The Bertz CT molecular complexity index is 1180. The summed E-state index contributed by atoms with van der Waals surface area (Å²) in [7, 11) is 1.27. The Hall–Kier alpha value is -3.42. The zero-order valence-corrected chi connectivity index (χ0v) is 18.2. The highest BCUT2D eigenvalue weighted by Gasteiger charge is 2.33. The lowest BCUT2D eigenvalue weighted by molar-refractivity contribution is -0.137. The van der Waals surface area contributed by atoms with Gasteiger partial charge in [0, 0.05) is 16.3 Å². The van der Waals surface area contributed by atoms with Crippen molar-refractivity contribution in [3.8, 4) is 0 Å². The van der Waals surface area contributed by atoms with Crippen LogP contribution in [0.4, 0.5) is 29.3 Å². The molecule has 0 aliphatic heterocycles. The van der Waals surface area contributed by atoms with Crippen LogP contribution < -0.4 is 16.1 Å². The van der Waals surface area contributed by atoms with Crippen molar-refractivity contribution in [2.24, 2.45) is 0 Å². The minimum absolute atomic E-state index is 0.0817. The van der Waals surface area contributed by atoms with E-state index < -0.39 is 28.7 Å². The second-order valence-corrected chi connectivity index (χ2v) is 7.58. The Morgan fingerprint density at radius 2 is 1.79 bits per heavy atom. The van der Waals surface area contributed by atoms with Gasteiger partial charge in [-0.05, 0) is 48.2 Å². The number of rotatable bonds is 6. The van der Waals surface area contributed by atoms with Gasteiger partial charge in [-0.15, -0.1) is 0 Å². The molecule has 14 heteroatoms. The van der Waals surface area contributed by atoms with Crippen LogP contribution in [0.1, 0.15) is 16.2 Å². The molecule has 0 aliphatic carbocycles. The van der Waals surface area contributed by atoms with Crippen molar-refractivity contribution in [3.05, 3.63) is 65.2 Å². The molecule has 0 bridgehead atoms. The lowest BCUT2D eigenvalue weighted by Gasteiger charge is -2.12. The molecule has 3 aromatic rings. The van der Waals surface area contributed by atoms with Crippen molar-refractivity contribution in [2.75, 3.05) is 17.7 Å². The Balaban J connectivity index is 1.68. The lowest BCUT2D eigenvalue weighted by atomic mass is 10.2. The normalized spacial score (nSPS) is 11.1. The summed E-state index contributed by atoms with van der Waals surface area (Å²) >= 11 is 6.68. The predicted molar refractivity (Wildman–Crippen MR) is 114 cm³/mol. The first kappa shape index (κ1) is 24.2. The van der Waals surface area contributed by atoms with Gasteiger partial charge in [0.15, 0.2) is 5.16 Å². The van der Waals surface area contributed by atoms with Crippen molar-refractivity contribution < 1.29 is 27.6 Å². The summed E-state index contributed by atoms with van der Waals surface area (Å²) < 4.78 is 39.0. The van der Waals surface area contributed by atoms with Crippen molar-refractivity contribution in [3.63, 3.8) is 0 Å². The number of hydroxylamine groups is 1. The smallest absolute Gasteiger partial charge is 0.308 e. The highest BCUT2D eigenvalue weighted by Crippen LogP contribution is 2.36. The predicted octanol–water partition coefficient (Wildman–Crippen LogP) is 4.63. The van der Waals surface area contributed by atoms with Gasteiger partial charge in [0.05, 0.1) is 17.7 Å². The number of nitrogens with zero attached hydrogens (tertiary/aromatic N) is 3. The third-order valence-electron chi connectivity index (χ3n) is 3.78. The van der Waals surface area contributed by atoms with Gasteiger partial charge in [-0.2, -0.15) is 18.2 Å². The van der Waals surface area contributed by atoms with E-state index in [1.165, 1.54) is 13.2 Å². The van der Waals surface area contributed by atoms with Crippen LogP contribution in [-0.2, 0) is 11.0 Å². The van der Waals surface area contributed by atoms with E-state index in [1.54, 1.807) is 24.3 Å². The molecule has 0 spiro atoms. The molecule has 172 valence electrons. The Kier molecular flexibility index (Phi) is 7.68. The van der Waals surface area contributed by atoms with E-state index in [4.69, 9.17) is 11.6 Å². The van der Waals surface area contributed by atoms with Gasteiger partial charge < -0.3 is 10.6 Å².